The Labute approximate surface area is 93.5 Å². The van der Waals surface area contributed by atoms with Crippen LogP contribution in [0.2, 0.25) is 0 Å². The number of nitriles is 1. The molecule has 1 saturated heterocycles. The van der Waals surface area contributed by atoms with Crippen LogP contribution < -0.4 is 10.2 Å². The fourth-order valence-corrected chi connectivity index (χ4v) is 2.55. The Morgan fingerprint density at radius 1 is 1.56 bits per heavy atom. The zero-order valence-electron chi connectivity index (χ0n) is 8.90. The zero-order chi connectivity index (χ0) is 11.3. The molecule has 1 fully saturated rings. The van der Waals surface area contributed by atoms with Gasteiger partial charge in [-0.05, 0) is 19.1 Å². The fourth-order valence-electron chi connectivity index (χ4n) is 2.55. The van der Waals surface area contributed by atoms with Gasteiger partial charge in [0.2, 0.25) is 5.91 Å². The largest absolute Gasteiger partial charge is 0.339 e. The number of anilines is 2. The van der Waals surface area contributed by atoms with E-state index in [-0.39, 0.29) is 11.9 Å². The van der Waals surface area contributed by atoms with Gasteiger partial charge in [-0.15, -0.1) is 0 Å². The summed E-state index contributed by atoms with van der Waals surface area (Å²) in [7, 11) is 0. The molecule has 0 saturated carbocycles. The van der Waals surface area contributed by atoms with E-state index < -0.39 is 5.54 Å². The lowest BCUT2D eigenvalue weighted by Gasteiger charge is -2.55. The van der Waals surface area contributed by atoms with Crippen molar-refractivity contribution in [2.45, 2.75) is 24.9 Å². The number of nitrogens with one attached hydrogen (secondary N) is 1. The molecule has 2 aliphatic heterocycles. The number of fused-ring (bicyclic) bond motifs is 3. The molecule has 1 amide bonds. The highest BCUT2D eigenvalue weighted by Crippen LogP contribution is 2.46. The lowest BCUT2D eigenvalue weighted by atomic mass is 9.78. The molecular weight excluding hydrogens is 202 g/mol. The van der Waals surface area contributed by atoms with Crippen LogP contribution in [0, 0.1) is 11.3 Å². The second kappa shape index (κ2) is 2.76. The van der Waals surface area contributed by atoms with Gasteiger partial charge in [-0.3, -0.25) is 4.79 Å². The van der Waals surface area contributed by atoms with Crippen LogP contribution in [0.15, 0.2) is 24.3 Å². The number of carbonyl (C=O) groups is 1. The predicted molar refractivity (Wildman–Crippen MR) is 60.0 cm³/mol. The molecule has 2 atom stereocenters. The van der Waals surface area contributed by atoms with Crippen LogP contribution in [0.4, 0.5) is 11.4 Å². The molecule has 0 aliphatic carbocycles. The average Bonchev–Trinajstić information content (AvgIpc) is 2.27. The Hall–Kier alpha value is -2.02. The summed E-state index contributed by atoms with van der Waals surface area (Å²) in [6.07, 6.45) is 0.601. The Bertz CT molecular complexity index is 519. The van der Waals surface area contributed by atoms with E-state index in [4.69, 9.17) is 0 Å². The molecule has 3 rings (SSSR count). The number of hydrogen-bond donors (Lipinski definition) is 1. The molecule has 0 radical (unpaired) electrons. The number of amides is 1. The second-order valence-electron chi connectivity index (χ2n) is 4.48. The summed E-state index contributed by atoms with van der Waals surface area (Å²) < 4.78 is 0. The van der Waals surface area contributed by atoms with Gasteiger partial charge in [0, 0.05) is 6.42 Å². The average molecular weight is 213 g/mol. The summed E-state index contributed by atoms with van der Waals surface area (Å²) >= 11 is 0. The number of hydrogen-bond acceptors (Lipinski definition) is 3. The normalized spacial score (nSPS) is 30.6. The van der Waals surface area contributed by atoms with Crippen LogP contribution in [0.3, 0.4) is 0 Å². The predicted octanol–water partition coefficient (Wildman–Crippen LogP) is 1.50. The maximum atomic E-state index is 11.8. The molecule has 0 bridgehead atoms. The topological polar surface area (TPSA) is 56.1 Å². The Kier molecular flexibility index (Phi) is 1.59. The molecule has 2 unspecified atom stereocenters. The van der Waals surface area contributed by atoms with Crippen molar-refractivity contribution >= 4 is 17.3 Å². The van der Waals surface area contributed by atoms with E-state index >= 15 is 0 Å². The molecular formula is C12H11N3O. The molecule has 1 aromatic carbocycles. The number of nitrogens with zero attached hydrogens (tertiary/aromatic N) is 2. The monoisotopic (exact) mass is 213 g/mol. The van der Waals surface area contributed by atoms with Crippen molar-refractivity contribution in [2.24, 2.45) is 0 Å². The summed E-state index contributed by atoms with van der Waals surface area (Å²) in [5, 5.41) is 12.0. The quantitative estimate of drug-likeness (QED) is 0.710. The third-order valence-corrected chi connectivity index (χ3v) is 3.40. The second-order valence-corrected chi connectivity index (χ2v) is 4.48. The van der Waals surface area contributed by atoms with E-state index in [1.807, 2.05) is 36.1 Å². The SMILES string of the molecule is CC1(C#N)CC2C(=O)Nc3ccccc3N21. The minimum atomic E-state index is -0.543. The van der Waals surface area contributed by atoms with Crippen molar-refractivity contribution in [3.63, 3.8) is 0 Å². The molecule has 2 aliphatic rings. The first kappa shape index (κ1) is 9.22. The first-order valence-corrected chi connectivity index (χ1v) is 5.26. The van der Waals surface area contributed by atoms with Crippen LogP contribution in [0.25, 0.3) is 0 Å². The van der Waals surface area contributed by atoms with Gasteiger partial charge in [-0.1, -0.05) is 12.1 Å². The standard InChI is InChI=1S/C12H11N3O/c1-12(7-13)6-10-11(16)14-8-4-2-3-5-9(8)15(10)12/h2-5,10H,6H2,1H3,(H,14,16). The van der Waals surface area contributed by atoms with Gasteiger partial charge in [-0.25, -0.2) is 0 Å². The maximum Gasteiger partial charge on any atom is 0.247 e. The van der Waals surface area contributed by atoms with Crippen LogP contribution >= 0.6 is 0 Å². The van der Waals surface area contributed by atoms with Gasteiger partial charge in [-0.2, -0.15) is 5.26 Å². The Balaban J connectivity index is 2.13. The zero-order valence-corrected chi connectivity index (χ0v) is 8.90. The highest BCUT2D eigenvalue weighted by atomic mass is 16.2. The minimum absolute atomic E-state index is 0.00794. The van der Waals surface area contributed by atoms with E-state index in [1.165, 1.54) is 0 Å². The van der Waals surface area contributed by atoms with Crippen LogP contribution in [0.1, 0.15) is 13.3 Å². The first-order valence-electron chi connectivity index (χ1n) is 5.26. The van der Waals surface area contributed by atoms with Crippen molar-refractivity contribution in [3.05, 3.63) is 24.3 Å². The lowest BCUT2D eigenvalue weighted by Crippen LogP contribution is -2.69. The summed E-state index contributed by atoms with van der Waals surface area (Å²) in [6, 6.07) is 9.70. The van der Waals surface area contributed by atoms with Crippen molar-refractivity contribution in [1.29, 1.82) is 5.26 Å². The van der Waals surface area contributed by atoms with E-state index in [9.17, 15) is 10.1 Å². The Morgan fingerprint density at radius 2 is 2.31 bits per heavy atom. The number of benzene rings is 1. The third-order valence-electron chi connectivity index (χ3n) is 3.40. The van der Waals surface area contributed by atoms with Crippen LogP contribution in [-0.4, -0.2) is 17.5 Å². The molecule has 0 spiro atoms. The number of para-hydroxylation sites is 2. The first-order chi connectivity index (χ1) is 7.65. The van der Waals surface area contributed by atoms with Gasteiger partial charge in [0.15, 0.2) is 0 Å². The fraction of sp³-hybridized carbons (Fsp3) is 0.333. The van der Waals surface area contributed by atoms with Crippen molar-refractivity contribution in [2.75, 3.05) is 10.2 Å². The summed E-state index contributed by atoms with van der Waals surface area (Å²) in [4.78, 5) is 13.7. The highest BCUT2D eigenvalue weighted by Gasteiger charge is 2.54. The molecule has 80 valence electrons. The smallest absolute Gasteiger partial charge is 0.247 e. The highest BCUT2D eigenvalue weighted by molar-refractivity contribution is 6.05. The molecule has 0 aromatic heterocycles. The van der Waals surface area contributed by atoms with Gasteiger partial charge < -0.3 is 10.2 Å². The molecule has 1 aromatic rings. The molecule has 16 heavy (non-hydrogen) atoms. The van der Waals surface area contributed by atoms with Crippen molar-refractivity contribution in [1.82, 2.24) is 0 Å². The molecule has 4 heteroatoms. The van der Waals surface area contributed by atoms with Gasteiger partial charge >= 0.3 is 0 Å². The summed E-state index contributed by atoms with van der Waals surface area (Å²) in [5.41, 5.74) is 1.20. The van der Waals surface area contributed by atoms with E-state index in [1.54, 1.807) is 0 Å². The number of rotatable bonds is 0. The van der Waals surface area contributed by atoms with E-state index in [0.717, 1.165) is 11.4 Å². The van der Waals surface area contributed by atoms with Gasteiger partial charge in [0.05, 0.1) is 17.4 Å². The number of carbonyl (C=O) groups excluding carboxylic acids is 1. The molecule has 1 N–H and O–H groups in total. The van der Waals surface area contributed by atoms with E-state index in [2.05, 4.69) is 11.4 Å². The van der Waals surface area contributed by atoms with Crippen molar-refractivity contribution < 1.29 is 4.79 Å². The maximum absolute atomic E-state index is 11.8. The minimum Gasteiger partial charge on any atom is -0.339 e. The molecule has 2 heterocycles. The summed E-state index contributed by atoms with van der Waals surface area (Å²) in [5.74, 6) is -0.00794. The third kappa shape index (κ3) is 0.951. The van der Waals surface area contributed by atoms with E-state index in [0.29, 0.717) is 6.42 Å². The lowest BCUT2D eigenvalue weighted by molar-refractivity contribution is -0.120. The Morgan fingerprint density at radius 3 is 3.06 bits per heavy atom. The van der Waals surface area contributed by atoms with Crippen LogP contribution in [0.5, 0.6) is 0 Å². The van der Waals surface area contributed by atoms with Gasteiger partial charge in [0.1, 0.15) is 11.6 Å². The summed E-state index contributed by atoms with van der Waals surface area (Å²) in [6.45, 7) is 1.87. The molecule has 4 nitrogen and oxygen atoms in total. The van der Waals surface area contributed by atoms with Gasteiger partial charge in [0.25, 0.3) is 0 Å². The van der Waals surface area contributed by atoms with Crippen LogP contribution in [-0.2, 0) is 4.79 Å². The van der Waals surface area contributed by atoms with Crippen molar-refractivity contribution in [3.8, 4) is 6.07 Å².